The van der Waals surface area contributed by atoms with E-state index in [9.17, 15) is 22.8 Å². The fourth-order valence-corrected chi connectivity index (χ4v) is 1.98. The second kappa shape index (κ2) is 7.20. The van der Waals surface area contributed by atoms with Gasteiger partial charge in [0.05, 0.1) is 11.6 Å². The number of rotatable bonds is 5. The van der Waals surface area contributed by atoms with Crippen LogP contribution in [0.1, 0.15) is 22.8 Å². The Labute approximate surface area is 135 Å². The van der Waals surface area contributed by atoms with Crippen LogP contribution in [-0.2, 0) is 6.18 Å². The fourth-order valence-electron chi connectivity index (χ4n) is 1.98. The van der Waals surface area contributed by atoms with E-state index in [1.54, 1.807) is 6.92 Å². The molecule has 0 aliphatic rings. The number of amides is 1. The number of carbonyl (C=O) groups excluding carboxylic acids is 1. The standard InChI is InChI=1S/C16H15F3N2O3/c1-10(21-15(23)11-6-7-20-14(22)8-11)9-24-13-5-3-2-4-12(13)16(17,18)19/h2-8,10H,9H2,1H3,(H,20,22)(H,21,23)/t10-/m0/s1. The van der Waals surface area contributed by atoms with Crippen LogP contribution in [0.15, 0.2) is 47.4 Å². The largest absolute Gasteiger partial charge is 0.491 e. The molecular weight excluding hydrogens is 325 g/mol. The summed E-state index contributed by atoms with van der Waals surface area (Å²) in [6, 6.07) is 6.84. The number of para-hydroxylation sites is 1. The molecule has 2 N–H and O–H groups in total. The third kappa shape index (κ3) is 4.61. The van der Waals surface area contributed by atoms with Crippen LogP contribution < -0.4 is 15.6 Å². The number of alkyl halides is 3. The average Bonchev–Trinajstić information content (AvgIpc) is 2.52. The zero-order chi connectivity index (χ0) is 17.7. The molecule has 0 unspecified atom stereocenters. The highest BCUT2D eigenvalue weighted by Crippen LogP contribution is 2.35. The highest BCUT2D eigenvalue weighted by Gasteiger charge is 2.34. The molecule has 1 heterocycles. The van der Waals surface area contributed by atoms with Gasteiger partial charge in [0.15, 0.2) is 0 Å². The maximum absolute atomic E-state index is 12.9. The number of pyridine rings is 1. The lowest BCUT2D eigenvalue weighted by atomic mass is 10.2. The molecule has 0 spiro atoms. The minimum atomic E-state index is -4.52. The summed E-state index contributed by atoms with van der Waals surface area (Å²) in [4.78, 5) is 25.5. The molecule has 1 aromatic carbocycles. The van der Waals surface area contributed by atoms with E-state index >= 15 is 0 Å². The molecule has 0 bridgehead atoms. The van der Waals surface area contributed by atoms with E-state index in [-0.39, 0.29) is 17.9 Å². The molecule has 128 valence electrons. The van der Waals surface area contributed by atoms with Crippen molar-refractivity contribution in [2.45, 2.75) is 19.1 Å². The highest BCUT2D eigenvalue weighted by atomic mass is 19.4. The van der Waals surface area contributed by atoms with E-state index in [1.807, 2.05) is 0 Å². The Hall–Kier alpha value is -2.77. The number of halogens is 3. The number of benzene rings is 1. The Bertz CT molecular complexity index is 771. The Morgan fingerprint density at radius 2 is 2.00 bits per heavy atom. The lowest BCUT2D eigenvalue weighted by Crippen LogP contribution is -2.37. The second-order valence-corrected chi connectivity index (χ2v) is 5.12. The zero-order valence-corrected chi connectivity index (χ0v) is 12.7. The molecule has 2 rings (SSSR count). The third-order valence-electron chi connectivity index (χ3n) is 3.10. The monoisotopic (exact) mass is 340 g/mol. The maximum Gasteiger partial charge on any atom is 0.419 e. The van der Waals surface area contributed by atoms with Crippen LogP contribution >= 0.6 is 0 Å². The van der Waals surface area contributed by atoms with Gasteiger partial charge in [-0.25, -0.2) is 0 Å². The van der Waals surface area contributed by atoms with Gasteiger partial charge in [-0.2, -0.15) is 13.2 Å². The van der Waals surface area contributed by atoms with Crippen molar-refractivity contribution in [2.75, 3.05) is 6.61 Å². The van der Waals surface area contributed by atoms with Gasteiger partial charge in [-0.05, 0) is 25.1 Å². The lowest BCUT2D eigenvalue weighted by Gasteiger charge is -2.17. The maximum atomic E-state index is 12.9. The summed E-state index contributed by atoms with van der Waals surface area (Å²) >= 11 is 0. The van der Waals surface area contributed by atoms with Crippen molar-refractivity contribution < 1.29 is 22.7 Å². The molecule has 0 radical (unpaired) electrons. The predicted molar refractivity (Wildman–Crippen MR) is 80.9 cm³/mol. The van der Waals surface area contributed by atoms with Crippen molar-refractivity contribution in [1.29, 1.82) is 0 Å². The summed E-state index contributed by atoms with van der Waals surface area (Å²) < 4.78 is 43.8. The first-order valence-electron chi connectivity index (χ1n) is 7.06. The number of nitrogens with one attached hydrogen (secondary N) is 2. The summed E-state index contributed by atoms with van der Waals surface area (Å²) in [7, 11) is 0. The van der Waals surface area contributed by atoms with Gasteiger partial charge in [-0.15, -0.1) is 0 Å². The molecule has 0 saturated heterocycles. The number of aromatic nitrogens is 1. The Kier molecular flexibility index (Phi) is 5.28. The molecule has 1 aromatic heterocycles. The van der Waals surface area contributed by atoms with Crippen molar-refractivity contribution >= 4 is 5.91 Å². The molecule has 0 saturated carbocycles. The van der Waals surface area contributed by atoms with Crippen molar-refractivity contribution in [1.82, 2.24) is 10.3 Å². The lowest BCUT2D eigenvalue weighted by molar-refractivity contribution is -0.139. The first-order chi connectivity index (χ1) is 11.3. The van der Waals surface area contributed by atoms with Gasteiger partial charge in [0.1, 0.15) is 12.4 Å². The van der Waals surface area contributed by atoms with E-state index in [0.717, 1.165) is 12.1 Å². The van der Waals surface area contributed by atoms with Crippen LogP contribution in [0.4, 0.5) is 13.2 Å². The van der Waals surface area contributed by atoms with Crippen molar-refractivity contribution in [3.05, 3.63) is 64.1 Å². The molecule has 5 nitrogen and oxygen atoms in total. The first-order valence-corrected chi connectivity index (χ1v) is 7.06. The number of hydrogen-bond donors (Lipinski definition) is 2. The number of hydrogen-bond acceptors (Lipinski definition) is 3. The van der Waals surface area contributed by atoms with Gasteiger partial charge in [0.25, 0.3) is 5.91 Å². The van der Waals surface area contributed by atoms with E-state index in [2.05, 4.69) is 10.3 Å². The number of ether oxygens (including phenoxy) is 1. The van der Waals surface area contributed by atoms with Crippen molar-refractivity contribution in [3.63, 3.8) is 0 Å². The van der Waals surface area contributed by atoms with Crippen LogP contribution in [0, 0.1) is 0 Å². The smallest absolute Gasteiger partial charge is 0.419 e. The Balaban J connectivity index is 1.98. The summed E-state index contributed by atoms with van der Waals surface area (Å²) in [5.41, 5.74) is -1.15. The van der Waals surface area contributed by atoms with Gasteiger partial charge < -0.3 is 15.0 Å². The van der Waals surface area contributed by atoms with Crippen LogP contribution in [0.3, 0.4) is 0 Å². The van der Waals surface area contributed by atoms with Gasteiger partial charge in [0.2, 0.25) is 5.56 Å². The van der Waals surface area contributed by atoms with E-state index in [1.165, 1.54) is 30.5 Å². The number of aromatic amines is 1. The Morgan fingerprint density at radius 3 is 2.67 bits per heavy atom. The zero-order valence-electron chi connectivity index (χ0n) is 12.7. The average molecular weight is 340 g/mol. The highest BCUT2D eigenvalue weighted by molar-refractivity contribution is 5.94. The predicted octanol–water partition coefficient (Wildman–Crippen LogP) is 2.59. The summed E-state index contributed by atoms with van der Waals surface area (Å²) in [5, 5.41) is 2.55. The second-order valence-electron chi connectivity index (χ2n) is 5.12. The minimum Gasteiger partial charge on any atom is -0.491 e. The number of H-pyrrole nitrogens is 1. The summed E-state index contributed by atoms with van der Waals surface area (Å²) in [5.74, 6) is -0.816. The van der Waals surface area contributed by atoms with Gasteiger partial charge in [0, 0.05) is 17.8 Å². The Morgan fingerprint density at radius 1 is 1.29 bits per heavy atom. The molecule has 1 amide bonds. The molecule has 0 aliphatic carbocycles. The summed E-state index contributed by atoms with van der Waals surface area (Å²) in [6.07, 6.45) is -3.19. The van der Waals surface area contributed by atoms with Gasteiger partial charge in [-0.3, -0.25) is 9.59 Å². The summed E-state index contributed by atoms with van der Waals surface area (Å²) in [6.45, 7) is 1.43. The SMILES string of the molecule is C[C@@H](COc1ccccc1C(F)(F)F)NC(=O)c1cc[nH]c(=O)c1. The van der Waals surface area contributed by atoms with Gasteiger partial charge in [-0.1, -0.05) is 12.1 Å². The van der Waals surface area contributed by atoms with E-state index in [0.29, 0.717) is 0 Å². The third-order valence-corrected chi connectivity index (χ3v) is 3.10. The number of carbonyl (C=O) groups is 1. The molecule has 1 atom stereocenters. The molecule has 0 aliphatic heterocycles. The molecule has 24 heavy (non-hydrogen) atoms. The van der Waals surface area contributed by atoms with E-state index < -0.39 is 29.2 Å². The minimum absolute atomic E-state index is 0.151. The topological polar surface area (TPSA) is 71.2 Å². The van der Waals surface area contributed by atoms with Crippen molar-refractivity contribution in [2.24, 2.45) is 0 Å². The van der Waals surface area contributed by atoms with Crippen LogP contribution in [0.25, 0.3) is 0 Å². The van der Waals surface area contributed by atoms with E-state index in [4.69, 9.17) is 4.74 Å². The molecule has 2 aromatic rings. The first kappa shape index (κ1) is 17.6. The van der Waals surface area contributed by atoms with Crippen LogP contribution in [-0.4, -0.2) is 23.5 Å². The van der Waals surface area contributed by atoms with Crippen LogP contribution in [0.2, 0.25) is 0 Å². The van der Waals surface area contributed by atoms with Crippen molar-refractivity contribution in [3.8, 4) is 5.75 Å². The fraction of sp³-hybridized carbons (Fsp3) is 0.250. The molecule has 8 heteroatoms. The molecular formula is C16H15F3N2O3. The normalized spacial score (nSPS) is 12.5. The quantitative estimate of drug-likeness (QED) is 0.879. The van der Waals surface area contributed by atoms with Crippen LogP contribution in [0.5, 0.6) is 5.75 Å². The van der Waals surface area contributed by atoms with Gasteiger partial charge >= 0.3 is 6.18 Å². The molecule has 0 fully saturated rings.